The molecule has 0 saturated heterocycles. The van der Waals surface area contributed by atoms with Crippen molar-refractivity contribution < 1.29 is 29.0 Å². The van der Waals surface area contributed by atoms with Crippen molar-refractivity contribution in [1.29, 1.82) is 0 Å². The van der Waals surface area contributed by atoms with Gasteiger partial charge in [-0.3, -0.25) is 0 Å². The Morgan fingerprint density at radius 3 is 2.07 bits per heavy atom. The predicted molar refractivity (Wildman–Crippen MR) is 115 cm³/mol. The lowest BCUT2D eigenvalue weighted by Gasteiger charge is -1.98. The summed E-state index contributed by atoms with van der Waals surface area (Å²) in [6.45, 7) is 14.7. The van der Waals surface area contributed by atoms with E-state index in [9.17, 15) is 14.4 Å². The van der Waals surface area contributed by atoms with Crippen molar-refractivity contribution in [3.05, 3.63) is 79.4 Å². The Balaban J connectivity index is 0. The zero-order chi connectivity index (χ0) is 22.5. The molecule has 0 aromatic heterocycles. The van der Waals surface area contributed by atoms with Crippen molar-refractivity contribution in [1.82, 2.24) is 0 Å². The van der Waals surface area contributed by atoms with Crippen molar-refractivity contribution >= 4 is 24.0 Å². The first kappa shape index (κ1) is 27.8. The summed E-state index contributed by atoms with van der Waals surface area (Å²) in [4.78, 5) is 31.1. The highest BCUT2D eigenvalue weighted by Gasteiger charge is 2.03. The quantitative estimate of drug-likeness (QED) is 0.281. The molecule has 0 radical (unpaired) electrons. The van der Waals surface area contributed by atoms with Gasteiger partial charge in [-0.25, -0.2) is 14.4 Å². The summed E-state index contributed by atoms with van der Waals surface area (Å²) in [5.74, 6) is -2.06. The van der Waals surface area contributed by atoms with Crippen LogP contribution in [0.15, 0.2) is 73.9 Å². The third-order valence-corrected chi connectivity index (χ3v) is 2.91. The van der Waals surface area contributed by atoms with Crippen LogP contribution in [0.2, 0.25) is 0 Å². The van der Waals surface area contributed by atoms with Crippen molar-refractivity contribution in [2.24, 2.45) is 0 Å². The molecule has 0 fully saturated rings. The van der Waals surface area contributed by atoms with Crippen LogP contribution in [0.3, 0.4) is 0 Å². The number of hydrogen-bond donors (Lipinski definition) is 1. The Morgan fingerprint density at radius 1 is 1.03 bits per heavy atom. The monoisotopic (exact) mass is 402 g/mol. The number of carbonyl (C=O) groups excluding carboxylic acids is 2. The third-order valence-electron chi connectivity index (χ3n) is 2.91. The lowest BCUT2D eigenvalue weighted by molar-refractivity contribution is -0.138. The number of carboxylic acid groups (broad SMARTS) is 1. The topological polar surface area (TPSA) is 89.9 Å². The smallest absolute Gasteiger partial charge is 0.337 e. The first-order valence-corrected chi connectivity index (χ1v) is 9.05. The summed E-state index contributed by atoms with van der Waals surface area (Å²) < 4.78 is 9.23. The molecule has 0 unspecified atom stereocenters. The van der Waals surface area contributed by atoms with Gasteiger partial charge in [0.15, 0.2) is 0 Å². The molecule has 158 valence electrons. The minimum atomic E-state index is -1.12. The van der Waals surface area contributed by atoms with Crippen LogP contribution < -0.4 is 0 Å². The van der Waals surface area contributed by atoms with E-state index in [1.807, 2.05) is 43.3 Å². The van der Waals surface area contributed by atoms with Crippen LogP contribution in [0.1, 0.15) is 32.3 Å². The second-order valence-corrected chi connectivity index (χ2v) is 5.26. The molecule has 0 saturated carbocycles. The Hall–Kier alpha value is -3.41. The van der Waals surface area contributed by atoms with E-state index in [4.69, 9.17) is 5.11 Å². The molecular formula is C23H30O6. The van der Waals surface area contributed by atoms with Gasteiger partial charge in [0.2, 0.25) is 0 Å². The summed E-state index contributed by atoms with van der Waals surface area (Å²) in [5.41, 5.74) is 1.20. The first-order chi connectivity index (χ1) is 13.8. The summed E-state index contributed by atoms with van der Waals surface area (Å²) in [7, 11) is 0. The van der Waals surface area contributed by atoms with E-state index in [0.29, 0.717) is 6.61 Å². The van der Waals surface area contributed by atoms with Crippen molar-refractivity contribution in [3.8, 4) is 0 Å². The molecule has 1 aromatic carbocycles. The number of ether oxygens (including phenoxy) is 2. The normalized spacial score (nSPS) is 9.03. The molecular weight excluding hydrogens is 372 g/mol. The van der Waals surface area contributed by atoms with Gasteiger partial charge in [0, 0.05) is 12.2 Å². The van der Waals surface area contributed by atoms with Crippen LogP contribution in [-0.2, 0) is 23.9 Å². The Bertz CT molecular complexity index is 674. The van der Waals surface area contributed by atoms with Gasteiger partial charge in [-0.15, -0.1) is 0 Å². The molecule has 0 aliphatic heterocycles. The highest BCUT2D eigenvalue weighted by molar-refractivity contribution is 5.93. The largest absolute Gasteiger partial charge is 0.478 e. The summed E-state index contributed by atoms with van der Waals surface area (Å²) in [6, 6.07) is 10.0. The van der Waals surface area contributed by atoms with Crippen LogP contribution in [0.25, 0.3) is 6.08 Å². The fourth-order valence-electron chi connectivity index (χ4n) is 1.43. The lowest BCUT2D eigenvalue weighted by Crippen LogP contribution is -2.05. The van der Waals surface area contributed by atoms with Crippen LogP contribution in [0.4, 0.5) is 0 Å². The average molecular weight is 402 g/mol. The standard InChI is InChI=1S/C8H10O4.C8H8.C7H12O2/c1-3-12-8(11)6(2)4-5-7(9)10;1-2-8-6-4-3-5-7-8;1-3-5-6-9-7(8)4-2/h4-5H,2-3H2,1H3,(H,9,10);2-7H,1H2;4H,2-3,5-6H2,1H3. The molecule has 0 aliphatic rings. The number of carboxylic acids is 1. The molecule has 1 aromatic rings. The van der Waals surface area contributed by atoms with Crippen molar-refractivity contribution in [2.75, 3.05) is 13.2 Å². The second kappa shape index (κ2) is 19.4. The number of benzene rings is 1. The van der Waals surface area contributed by atoms with Crippen LogP contribution in [-0.4, -0.2) is 36.2 Å². The van der Waals surface area contributed by atoms with Gasteiger partial charge in [0.05, 0.1) is 18.8 Å². The van der Waals surface area contributed by atoms with E-state index < -0.39 is 11.9 Å². The van der Waals surface area contributed by atoms with Gasteiger partial charge in [-0.05, 0) is 25.0 Å². The second-order valence-electron chi connectivity index (χ2n) is 5.26. The number of aliphatic carboxylic acids is 1. The van der Waals surface area contributed by atoms with Gasteiger partial charge in [0.1, 0.15) is 0 Å². The minimum Gasteiger partial charge on any atom is -0.478 e. The zero-order valence-electron chi connectivity index (χ0n) is 17.1. The van der Waals surface area contributed by atoms with Crippen LogP contribution in [0.5, 0.6) is 0 Å². The fraction of sp³-hybridized carbons (Fsp3) is 0.261. The van der Waals surface area contributed by atoms with E-state index in [-0.39, 0.29) is 18.1 Å². The highest BCUT2D eigenvalue weighted by Crippen LogP contribution is 1.97. The van der Waals surface area contributed by atoms with Gasteiger partial charge in [-0.1, -0.05) is 69.5 Å². The van der Waals surface area contributed by atoms with E-state index in [1.54, 1.807) is 6.92 Å². The van der Waals surface area contributed by atoms with Crippen LogP contribution >= 0.6 is 0 Å². The predicted octanol–water partition coefficient (Wildman–Crippen LogP) is 4.59. The Morgan fingerprint density at radius 2 is 1.66 bits per heavy atom. The molecule has 0 atom stereocenters. The van der Waals surface area contributed by atoms with Gasteiger partial charge < -0.3 is 14.6 Å². The number of carbonyl (C=O) groups is 3. The van der Waals surface area contributed by atoms with E-state index in [2.05, 4.69) is 29.2 Å². The molecule has 0 heterocycles. The SMILES string of the molecule is C=C(C=CC(=O)O)C(=O)OCC.C=CC(=O)OCCCC.C=Cc1ccccc1. The molecule has 6 nitrogen and oxygen atoms in total. The maximum absolute atomic E-state index is 10.8. The van der Waals surface area contributed by atoms with Gasteiger partial charge in [-0.2, -0.15) is 0 Å². The fourth-order valence-corrected chi connectivity index (χ4v) is 1.43. The Labute approximate surface area is 172 Å². The number of rotatable bonds is 9. The minimum absolute atomic E-state index is 0.0271. The molecule has 0 aliphatic carbocycles. The summed E-state index contributed by atoms with van der Waals surface area (Å²) in [6.07, 6.45) is 6.92. The van der Waals surface area contributed by atoms with Gasteiger partial charge in [0.25, 0.3) is 0 Å². The maximum atomic E-state index is 10.8. The molecule has 29 heavy (non-hydrogen) atoms. The third kappa shape index (κ3) is 19.2. The zero-order valence-corrected chi connectivity index (χ0v) is 17.1. The van der Waals surface area contributed by atoms with E-state index in [0.717, 1.165) is 25.0 Å². The molecule has 1 N–H and O–H groups in total. The molecule has 0 bridgehead atoms. The number of unbranched alkanes of at least 4 members (excludes halogenated alkanes) is 1. The van der Waals surface area contributed by atoms with E-state index in [1.165, 1.54) is 11.6 Å². The number of hydrogen-bond acceptors (Lipinski definition) is 5. The molecule has 0 spiro atoms. The highest BCUT2D eigenvalue weighted by atomic mass is 16.5. The van der Waals surface area contributed by atoms with Crippen LogP contribution in [0, 0.1) is 0 Å². The van der Waals surface area contributed by atoms with Gasteiger partial charge >= 0.3 is 17.9 Å². The molecule has 0 amide bonds. The van der Waals surface area contributed by atoms with Crippen molar-refractivity contribution in [2.45, 2.75) is 26.7 Å². The first-order valence-electron chi connectivity index (χ1n) is 9.05. The summed E-state index contributed by atoms with van der Waals surface area (Å²) >= 11 is 0. The lowest BCUT2D eigenvalue weighted by atomic mass is 10.2. The van der Waals surface area contributed by atoms with E-state index >= 15 is 0 Å². The average Bonchev–Trinajstić information content (AvgIpc) is 2.73. The molecule has 1 rings (SSSR count). The maximum Gasteiger partial charge on any atom is 0.337 e. The van der Waals surface area contributed by atoms with Crippen molar-refractivity contribution in [3.63, 3.8) is 0 Å². The Kier molecular flexibility index (Phi) is 18.6. The summed E-state index contributed by atoms with van der Waals surface area (Å²) in [5, 5.41) is 8.19. The number of esters is 2. The molecule has 6 heteroatoms.